The summed E-state index contributed by atoms with van der Waals surface area (Å²) in [6, 6.07) is 0.627. The van der Waals surface area contributed by atoms with Gasteiger partial charge in [-0.3, -0.25) is 4.90 Å². The fourth-order valence-electron chi connectivity index (χ4n) is 3.09. The van der Waals surface area contributed by atoms with E-state index >= 15 is 0 Å². The third kappa shape index (κ3) is 3.39. The molecule has 6 nitrogen and oxygen atoms in total. The number of rotatable bonds is 3. The number of piperidine rings is 1. The highest BCUT2D eigenvalue weighted by molar-refractivity contribution is 5.85. The number of anilines is 1. The predicted octanol–water partition coefficient (Wildman–Crippen LogP) is 1.25. The summed E-state index contributed by atoms with van der Waals surface area (Å²) in [7, 11) is 0. The Morgan fingerprint density at radius 2 is 2.05 bits per heavy atom. The van der Waals surface area contributed by atoms with Crippen molar-refractivity contribution in [1.29, 1.82) is 0 Å². The van der Waals surface area contributed by atoms with Gasteiger partial charge in [0.05, 0.1) is 0 Å². The Kier molecular flexibility index (Phi) is 4.15. The second kappa shape index (κ2) is 6.22. The molecule has 3 rings (SSSR count). The molecule has 1 atom stereocenters. The molecule has 0 aromatic carbocycles. The van der Waals surface area contributed by atoms with Crippen molar-refractivity contribution in [2.75, 3.05) is 31.1 Å². The molecule has 0 spiro atoms. The van der Waals surface area contributed by atoms with Crippen LogP contribution in [0.15, 0.2) is 18.5 Å². The van der Waals surface area contributed by atoms with Gasteiger partial charge in [0.1, 0.15) is 0 Å². The molecule has 0 saturated carbocycles. The molecule has 1 aromatic rings. The molecule has 2 saturated heterocycles. The number of aliphatic carboxylic acids is 1. The Hall–Kier alpha value is -1.95. The van der Waals surface area contributed by atoms with Gasteiger partial charge in [-0.25, -0.2) is 14.8 Å². The summed E-state index contributed by atoms with van der Waals surface area (Å²) in [5, 5.41) is 8.60. The summed E-state index contributed by atoms with van der Waals surface area (Å²) in [6.07, 6.45) is 9.84. The molecule has 0 aliphatic carbocycles. The number of hydrogen-bond donors (Lipinski definition) is 1. The van der Waals surface area contributed by atoms with E-state index in [1.807, 2.05) is 0 Å². The molecule has 2 fully saturated rings. The lowest BCUT2D eigenvalue weighted by Crippen LogP contribution is -2.55. The van der Waals surface area contributed by atoms with Crippen molar-refractivity contribution in [2.24, 2.45) is 0 Å². The van der Waals surface area contributed by atoms with Gasteiger partial charge in [-0.2, -0.15) is 0 Å². The average Bonchev–Trinajstić information content (AvgIpc) is 2.53. The van der Waals surface area contributed by atoms with Crippen LogP contribution >= 0.6 is 0 Å². The fourth-order valence-corrected chi connectivity index (χ4v) is 3.09. The van der Waals surface area contributed by atoms with Gasteiger partial charge >= 0.3 is 5.97 Å². The quantitative estimate of drug-likeness (QED) is 0.844. The van der Waals surface area contributed by atoms with Crippen LogP contribution < -0.4 is 4.90 Å². The highest BCUT2D eigenvalue weighted by atomic mass is 16.4. The largest absolute Gasteiger partial charge is 0.478 e. The molecule has 0 radical (unpaired) electrons. The van der Waals surface area contributed by atoms with Crippen molar-refractivity contribution in [3.63, 3.8) is 0 Å². The van der Waals surface area contributed by atoms with Crippen LogP contribution in [0.5, 0.6) is 0 Å². The van der Waals surface area contributed by atoms with Crippen molar-refractivity contribution < 1.29 is 9.90 Å². The van der Waals surface area contributed by atoms with Crippen LogP contribution in [0.2, 0.25) is 0 Å². The number of aromatic nitrogens is 2. The minimum absolute atomic E-state index is 0.627. The van der Waals surface area contributed by atoms with Crippen LogP contribution in [0, 0.1) is 0 Å². The van der Waals surface area contributed by atoms with Gasteiger partial charge in [-0.1, -0.05) is 6.42 Å². The molecule has 0 amide bonds. The van der Waals surface area contributed by atoms with E-state index in [0.717, 1.165) is 31.7 Å². The maximum Gasteiger partial charge on any atom is 0.328 e. The molecular formula is C15H20N4O2. The highest BCUT2D eigenvalue weighted by Gasteiger charge is 2.29. The van der Waals surface area contributed by atoms with E-state index in [0.29, 0.717) is 11.6 Å². The molecule has 1 unspecified atom stereocenters. The van der Waals surface area contributed by atoms with Gasteiger partial charge in [-0.05, 0) is 25.5 Å². The summed E-state index contributed by atoms with van der Waals surface area (Å²) >= 11 is 0. The Bertz CT molecular complexity index is 529. The molecule has 1 N–H and O–H groups in total. The molecule has 0 bridgehead atoms. The summed E-state index contributed by atoms with van der Waals surface area (Å²) < 4.78 is 0. The zero-order valence-corrected chi connectivity index (χ0v) is 12.0. The molecule has 2 aliphatic rings. The number of carbonyl (C=O) groups is 1. The predicted molar refractivity (Wildman–Crippen MR) is 80.1 cm³/mol. The van der Waals surface area contributed by atoms with Gasteiger partial charge in [0, 0.05) is 49.7 Å². The molecule has 1 aromatic heterocycles. The maximum atomic E-state index is 10.5. The summed E-state index contributed by atoms with van der Waals surface area (Å²) in [5.41, 5.74) is 0.706. The first-order chi connectivity index (χ1) is 10.2. The summed E-state index contributed by atoms with van der Waals surface area (Å²) in [4.78, 5) is 24.0. The van der Waals surface area contributed by atoms with E-state index < -0.39 is 5.97 Å². The van der Waals surface area contributed by atoms with E-state index in [1.165, 1.54) is 31.9 Å². The Morgan fingerprint density at radius 3 is 2.81 bits per heavy atom. The maximum absolute atomic E-state index is 10.5. The first-order valence-electron chi connectivity index (χ1n) is 7.44. The van der Waals surface area contributed by atoms with Crippen LogP contribution in [0.3, 0.4) is 0 Å². The minimum Gasteiger partial charge on any atom is -0.478 e. The van der Waals surface area contributed by atoms with E-state index in [9.17, 15) is 4.79 Å². The molecule has 112 valence electrons. The number of nitrogens with zero attached hydrogens (tertiary/aromatic N) is 4. The first kappa shape index (κ1) is 14.0. The lowest BCUT2D eigenvalue weighted by molar-refractivity contribution is -0.131. The van der Waals surface area contributed by atoms with Gasteiger partial charge in [-0.15, -0.1) is 0 Å². The zero-order chi connectivity index (χ0) is 14.7. The SMILES string of the molecule is O=C(O)/C=C/c1cnc(N2CCN3CCCCC3C2)nc1. The second-order valence-corrected chi connectivity index (χ2v) is 5.62. The second-order valence-electron chi connectivity index (χ2n) is 5.62. The van der Waals surface area contributed by atoms with Crippen LogP contribution in [-0.4, -0.2) is 58.2 Å². The number of carboxylic acid groups (broad SMARTS) is 1. The highest BCUT2D eigenvalue weighted by Crippen LogP contribution is 2.23. The fraction of sp³-hybridized carbons (Fsp3) is 0.533. The smallest absolute Gasteiger partial charge is 0.328 e. The van der Waals surface area contributed by atoms with E-state index in [2.05, 4.69) is 19.8 Å². The van der Waals surface area contributed by atoms with Gasteiger partial charge in [0.15, 0.2) is 0 Å². The van der Waals surface area contributed by atoms with Crippen molar-refractivity contribution in [1.82, 2.24) is 14.9 Å². The van der Waals surface area contributed by atoms with Crippen molar-refractivity contribution in [3.05, 3.63) is 24.0 Å². The third-order valence-corrected chi connectivity index (χ3v) is 4.20. The number of carboxylic acids is 1. The van der Waals surface area contributed by atoms with Crippen LogP contribution in [-0.2, 0) is 4.79 Å². The lowest BCUT2D eigenvalue weighted by atomic mass is 10.00. The van der Waals surface area contributed by atoms with Crippen molar-refractivity contribution in [2.45, 2.75) is 25.3 Å². The minimum atomic E-state index is -0.965. The van der Waals surface area contributed by atoms with E-state index in [1.54, 1.807) is 12.4 Å². The average molecular weight is 288 g/mol. The van der Waals surface area contributed by atoms with E-state index in [-0.39, 0.29) is 0 Å². The van der Waals surface area contributed by atoms with Crippen LogP contribution in [0.1, 0.15) is 24.8 Å². The van der Waals surface area contributed by atoms with Crippen molar-refractivity contribution >= 4 is 18.0 Å². The molecule has 3 heterocycles. The van der Waals surface area contributed by atoms with E-state index in [4.69, 9.17) is 5.11 Å². The number of hydrogen-bond acceptors (Lipinski definition) is 5. The molecule has 21 heavy (non-hydrogen) atoms. The van der Waals surface area contributed by atoms with Gasteiger partial charge in [0.2, 0.25) is 5.95 Å². The third-order valence-electron chi connectivity index (χ3n) is 4.20. The Balaban J connectivity index is 1.65. The van der Waals surface area contributed by atoms with Gasteiger partial charge in [0.25, 0.3) is 0 Å². The summed E-state index contributed by atoms with van der Waals surface area (Å²) in [5.74, 6) is -0.222. The Morgan fingerprint density at radius 1 is 1.24 bits per heavy atom. The topological polar surface area (TPSA) is 69.6 Å². The lowest BCUT2D eigenvalue weighted by Gasteiger charge is -2.44. The Labute approximate surface area is 124 Å². The van der Waals surface area contributed by atoms with Crippen LogP contribution in [0.4, 0.5) is 5.95 Å². The number of fused-ring (bicyclic) bond motifs is 1. The molecular weight excluding hydrogens is 268 g/mol. The monoisotopic (exact) mass is 288 g/mol. The van der Waals surface area contributed by atoms with Crippen molar-refractivity contribution in [3.8, 4) is 0 Å². The zero-order valence-electron chi connectivity index (χ0n) is 12.0. The standard InChI is InChI=1S/C15H20N4O2/c20-14(21)5-4-12-9-16-15(17-10-12)19-8-7-18-6-2-1-3-13(18)11-19/h4-5,9-10,13H,1-3,6-8,11H2,(H,20,21)/b5-4+. The van der Waals surface area contributed by atoms with Gasteiger partial charge < -0.3 is 10.0 Å². The molecule has 6 heteroatoms. The molecule has 2 aliphatic heterocycles. The number of piperazine rings is 1. The van der Waals surface area contributed by atoms with Crippen LogP contribution in [0.25, 0.3) is 6.08 Å². The normalized spacial score (nSPS) is 23.2. The first-order valence-corrected chi connectivity index (χ1v) is 7.44. The summed E-state index contributed by atoms with van der Waals surface area (Å²) in [6.45, 7) is 4.25.